The third-order valence-corrected chi connectivity index (χ3v) is 7.74. The van der Waals surface area contributed by atoms with Gasteiger partial charge in [0.1, 0.15) is 5.69 Å². The largest absolute Gasteiger partial charge is 0.378 e. The first-order chi connectivity index (χ1) is 16.7. The van der Waals surface area contributed by atoms with Crippen molar-refractivity contribution in [3.05, 3.63) is 60.8 Å². The average molecular weight is 458 g/mol. The van der Waals surface area contributed by atoms with Crippen molar-refractivity contribution in [2.24, 2.45) is 11.8 Å². The summed E-state index contributed by atoms with van der Waals surface area (Å²) >= 11 is 0. The lowest BCUT2D eigenvalue weighted by Gasteiger charge is -2.50. The van der Waals surface area contributed by atoms with Crippen molar-refractivity contribution in [1.29, 1.82) is 0 Å². The SMILES string of the molecule is O=C([C@H]1CN2CC[C@H]1C[C@@H]2Cn1cc(-c2ccc(-c3ccccc3)cc2)nn1)N1CCOCC1. The molecule has 0 saturated carbocycles. The molecule has 4 atom stereocenters. The number of ether oxygens (including phenoxy) is 1. The van der Waals surface area contributed by atoms with E-state index in [9.17, 15) is 4.79 Å². The molecule has 4 aliphatic rings. The first-order valence-electron chi connectivity index (χ1n) is 12.4. The van der Waals surface area contributed by atoms with E-state index in [1.165, 1.54) is 11.1 Å². The Morgan fingerprint density at radius 2 is 1.68 bits per heavy atom. The number of amides is 1. The van der Waals surface area contributed by atoms with E-state index in [0.717, 1.165) is 56.8 Å². The fourth-order valence-corrected chi connectivity index (χ4v) is 5.83. The topological polar surface area (TPSA) is 63.5 Å². The first kappa shape index (κ1) is 21.5. The normalized spacial score (nSPS) is 26.5. The molecule has 3 aromatic rings. The van der Waals surface area contributed by atoms with E-state index in [4.69, 9.17) is 4.74 Å². The number of carbonyl (C=O) groups excluding carboxylic acids is 1. The summed E-state index contributed by atoms with van der Waals surface area (Å²) in [5.74, 6) is 0.940. The lowest BCUT2D eigenvalue weighted by Crippen LogP contribution is -2.59. The van der Waals surface area contributed by atoms with Gasteiger partial charge >= 0.3 is 0 Å². The molecule has 34 heavy (non-hydrogen) atoms. The van der Waals surface area contributed by atoms with Crippen molar-refractivity contribution in [3.63, 3.8) is 0 Å². The fraction of sp³-hybridized carbons (Fsp3) is 0.444. The van der Waals surface area contributed by atoms with Crippen molar-refractivity contribution < 1.29 is 9.53 Å². The predicted molar refractivity (Wildman–Crippen MR) is 130 cm³/mol. The minimum Gasteiger partial charge on any atom is -0.378 e. The number of rotatable bonds is 5. The van der Waals surface area contributed by atoms with Crippen molar-refractivity contribution in [2.75, 3.05) is 39.4 Å². The van der Waals surface area contributed by atoms with Crippen LogP contribution in [0, 0.1) is 11.8 Å². The molecule has 1 aromatic heterocycles. The second kappa shape index (κ2) is 9.31. The van der Waals surface area contributed by atoms with Crippen LogP contribution in [-0.2, 0) is 16.1 Å². The van der Waals surface area contributed by atoms with Gasteiger partial charge in [0.25, 0.3) is 0 Å². The van der Waals surface area contributed by atoms with Crippen LogP contribution < -0.4 is 0 Å². The van der Waals surface area contributed by atoms with E-state index in [2.05, 4.69) is 69.9 Å². The molecule has 1 amide bonds. The molecule has 176 valence electrons. The molecule has 7 heteroatoms. The molecule has 5 heterocycles. The molecule has 2 bridgehead atoms. The number of aromatic nitrogens is 3. The van der Waals surface area contributed by atoms with E-state index in [-0.39, 0.29) is 5.92 Å². The maximum absolute atomic E-state index is 13.1. The van der Waals surface area contributed by atoms with Gasteiger partial charge in [-0.1, -0.05) is 59.8 Å². The Labute approximate surface area is 200 Å². The third kappa shape index (κ3) is 4.26. The predicted octanol–water partition coefficient (Wildman–Crippen LogP) is 3.18. The molecule has 4 fully saturated rings. The summed E-state index contributed by atoms with van der Waals surface area (Å²) in [5.41, 5.74) is 4.39. The van der Waals surface area contributed by atoms with E-state index in [0.29, 0.717) is 31.1 Å². The highest BCUT2D eigenvalue weighted by Gasteiger charge is 2.44. The van der Waals surface area contributed by atoms with Gasteiger partial charge in [-0.05, 0) is 36.4 Å². The van der Waals surface area contributed by atoms with Gasteiger partial charge in [-0.25, -0.2) is 0 Å². The van der Waals surface area contributed by atoms with Crippen molar-refractivity contribution >= 4 is 5.91 Å². The molecule has 0 radical (unpaired) electrons. The van der Waals surface area contributed by atoms with Gasteiger partial charge in [0.2, 0.25) is 5.91 Å². The van der Waals surface area contributed by atoms with Gasteiger partial charge in [0.15, 0.2) is 0 Å². The number of benzene rings is 2. The lowest BCUT2D eigenvalue weighted by molar-refractivity contribution is -0.148. The van der Waals surface area contributed by atoms with Gasteiger partial charge in [0.05, 0.1) is 31.9 Å². The van der Waals surface area contributed by atoms with Crippen LogP contribution in [0.2, 0.25) is 0 Å². The van der Waals surface area contributed by atoms with Crippen molar-refractivity contribution in [2.45, 2.75) is 25.4 Å². The zero-order valence-corrected chi connectivity index (χ0v) is 19.4. The minimum atomic E-state index is 0.137. The highest BCUT2D eigenvalue weighted by molar-refractivity contribution is 5.80. The second-order valence-electron chi connectivity index (χ2n) is 9.75. The second-order valence-corrected chi connectivity index (χ2v) is 9.75. The number of fused-ring (bicyclic) bond motifs is 3. The Morgan fingerprint density at radius 3 is 2.41 bits per heavy atom. The molecule has 0 aliphatic carbocycles. The number of morpholine rings is 1. The molecule has 2 aromatic carbocycles. The first-order valence-corrected chi connectivity index (χ1v) is 12.4. The molecule has 4 saturated heterocycles. The van der Waals surface area contributed by atoms with Crippen LogP contribution in [0.25, 0.3) is 22.4 Å². The summed E-state index contributed by atoms with van der Waals surface area (Å²) in [7, 11) is 0. The Kier molecular flexibility index (Phi) is 5.89. The van der Waals surface area contributed by atoms with Gasteiger partial charge < -0.3 is 9.64 Å². The number of carbonyl (C=O) groups is 1. The van der Waals surface area contributed by atoms with Gasteiger partial charge in [-0.3, -0.25) is 14.4 Å². The molecular weight excluding hydrogens is 426 g/mol. The fourth-order valence-electron chi connectivity index (χ4n) is 5.83. The number of hydrogen-bond acceptors (Lipinski definition) is 5. The third-order valence-electron chi connectivity index (χ3n) is 7.74. The molecule has 7 nitrogen and oxygen atoms in total. The molecule has 4 aliphatic heterocycles. The summed E-state index contributed by atoms with van der Waals surface area (Å²) in [5, 5.41) is 8.87. The molecular formula is C27H31N5O2. The Morgan fingerprint density at radius 1 is 0.941 bits per heavy atom. The van der Waals surface area contributed by atoms with Gasteiger partial charge in [-0.15, -0.1) is 5.10 Å². The van der Waals surface area contributed by atoms with Gasteiger partial charge in [0, 0.05) is 31.2 Å². The zero-order valence-electron chi connectivity index (χ0n) is 19.4. The summed E-state index contributed by atoms with van der Waals surface area (Å²) in [4.78, 5) is 17.6. The monoisotopic (exact) mass is 457 g/mol. The van der Waals surface area contributed by atoms with E-state index >= 15 is 0 Å². The van der Waals surface area contributed by atoms with Gasteiger partial charge in [-0.2, -0.15) is 0 Å². The van der Waals surface area contributed by atoms with Crippen LogP contribution >= 0.6 is 0 Å². The lowest BCUT2D eigenvalue weighted by atomic mass is 9.75. The average Bonchev–Trinajstić information content (AvgIpc) is 3.38. The minimum absolute atomic E-state index is 0.137. The highest BCUT2D eigenvalue weighted by Crippen LogP contribution is 2.38. The quantitative estimate of drug-likeness (QED) is 0.589. The van der Waals surface area contributed by atoms with Crippen LogP contribution in [0.5, 0.6) is 0 Å². The van der Waals surface area contributed by atoms with Crippen molar-refractivity contribution in [1.82, 2.24) is 24.8 Å². The van der Waals surface area contributed by atoms with E-state index in [1.807, 2.05) is 15.6 Å². The summed E-state index contributed by atoms with van der Waals surface area (Å²) in [6, 6.07) is 19.3. The van der Waals surface area contributed by atoms with Crippen LogP contribution in [-0.4, -0.2) is 76.1 Å². The molecule has 7 rings (SSSR count). The Bertz CT molecular complexity index is 1120. The van der Waals surface area contributed by atoms with Crippen LogP contribution in [0.15, 0.2) is 60.8 Å². The Balaban J connectivity index is 1.10. The maximum Gasteiger partial charge on any atom is 0.227 e. The highest BCUT2D eigenvalue weighted by atomic mass is 16.5. The summed E-state index contributed by atoms with van der Waals surface area (Å²) in [6.07, 6.45) is 4.23. The molecule has 0 spiro atoms. The van der Waals surface area contributed by atoms with E-state index in [1.54, 1.807) is 0 Å². The smallest absolute Gasteiger partial charge is 0.227 e. The van der Waals surface area contributed by atoms with E-state index < -0.39 is 0 Å². The van der Waals surface area contributed by atoms with Crippen LogP contribution in [0.1, 0.15) is 12.8 Å². The number of piperidine rings is 3. The Hall–Kier alpha value is -3.03. The number of nitrogens with zero attached hydrogens (tertiary/aromatic N) is 5. The van der Waals surface area contributed by atoms with Crippen molar-refractivity contribution in [3.8, 4) is 22.4 Å². The van der Waals surface area contributed by atoms with Crippen LogP contribution in [0.3, 0.4) is 0 Å². The summed E-state index contributed by atoms with van der Waals surface area (Å²) in [6.45, 7) is 5.57. The zero-order chi connectivity index (χ0) is 22.9. The maximum atomic E-state index is 13.1. The molecule has 1 unspecified atom stereocenters. The number of hydrogen-bond donors (Lipinski definition) is 0. The molecule has 0 N–H and O–H groups in total. The summed E-state index contributed by atoms with van der Waals surface area (Å²) < 4.78 is 7.40. The van der Waals surface area contributed by atoms with Crippen LogP contribution in [0.4, 0.5) is 0 Å². The standard InChI is InChI=1S/C27H31N5O2/c33-27(30-12-14-34-15-13-30)25-18-31-11-10-23(25)16-24(31)17-32-19-26(28-29-32)22-8-6-21(7-9-22)20-4-2-1-3-5-20/h1-9,19,23-25H,10-18H2/t23-,24+,25-/m0/s1.